The fraction of sp³-hybridized carbons (Fsp3) is 0.167. The summed E-state index contributed by atoms with van der Waals surface area (Å²) >= 11 is 1.62. The van der Waals surface area contributed by atoms with Gasteiger partial charge in [0.2, 0.25) is 5.91 Å². The Morgan fingerprint density at radius 2 is 2.06 bits per heavy atom. The molecule has 0 atom stereocenters. The highest BCUT2D eigenvalue weighted by atomic mass is 32.1. The van der Waals surface area contributed by atoms with Crippen molar-refractivity contribution in [3.8, 4) is 10.4 Å². The maximum Gasteiger partial charge on any atom is 0.221 e. The number of nitrogens with zero attached hydrogens (tertiary/aromatic N) is 1. The first-order valence-electron chi connectivity index (χ1n) is 4.94. The summed E-state index contributed by atoms with van der Waals surface area (Å²) in [6.45, 7) is 1.99. The van der Waals surface area contributed by atoms with Crippen LogP contribution < -0.4 is 5.73 Å². The molecule has 0 fully saturated rings. The van der Waals surface area contributed by atoms with Crippen LogP contribution in [-0.4, -0.2) is 10.9 Å². The van der Waals surface area contributed by atoms with Crippen molar-refractivity contribution in [2.45, 2.75) is 13.3 Å². The van der Waals surface area contributed by atoms with Crippen molar-refractivity contribution in [2.24, 2.45) is 5.73 Å². The minimum Gasteiger partial charge on any atom is -0.369 e. The second kappa shape index (κ2) is 4.45. The molecule has 1 heterocycles. The maximum atomic E-state index is 10.8. The fourth-order valence-corrected chi connectivity index (χ4v) is 2.37. The number of aryl methyl sites for hydroxylation is 1. The number of benzene rings is 1. The summed E-state index contributed by atoms with van der Waals surface area (Å²) in [5.41, 5.74) is 10.1. The molecule has 16 heavy (non-hydrogen) atoms. The summed E-state index contributed by atoms with van der Waals surface area (Å²) in [5.74, 6) is -0.304. The van der Waals surface area contributed by atoms with E-state index in [1.165, 1.54) is 4.88 Å². The van der Waals surface area contributed by atoms with E-state index in [4.69, 9.17) is 5.73 Å². The van der Waals surface area contributed by atoms with Gasteiger partial charge in [0.15, 0.2) is 0 Å². The number of carbonyl (C=O) groups is 1. The van der Waals surface area contributed by atoms with E-state index in [0.717, 1.165) is 16.8 Å². The van der Waals surface area contributed by atoms with Crippen LogP contribution in [0.5, 0.6) is 0 Å². The predicted molar refractivity (Wildman–Crippen MR) is 65.2 cm³/mol. The number of thiazole rings is 1. The third-order valence-corrected chi connectivity index (χ3v) is 3.32. The van der Waals surface area contributed by atoms with E-state index in [1.807, 2.05) is 36.7 Å². The topological polar surface area (TPSA) is 56.0 Å². The van der Waals surface area contributed by atoms with Crippen LogP contribution in [0.3, 0.4) is 0 Å². The van der Waals surface area contributed by atoms with Crippen molar-refractivity contribution in [2.75, 3.05) is 0 Å². The van der Waals surface area contributed by atoms with Gasteiger partial charge in [0.1, 0.15) is 0 Å². The first-order chi connectivity index (χ1) is 7.66. The normalized spacial score (nSPS) is 10.3. The summed E-state index contributed by atoms with van der Waals surface area (Å²) in [4.78, 5) is 16.1. The lowest BCUT2D eigenvalue weighted by Crippen LogP contribution is -2.13. The van der Waals surface area contributed by atoms with Gasteiger partial charge in [-0.1, -0.05) is 24.3 Å². The highest BCUT2D eigenvalue weighted by Crippen LogP contribution is 2.27. The van der Waals surface area contributed by atoms with Crippen molar-refractivity contribution in [1.82, 2.24) is 4.98 Å². The smallest absolute Gasteiger partial charge is 0.221 e. The molecule has 3 nitrogen and oxygen atoms in total. The van der Waals surface area contributed by atoms with E-state index in [2.05, 4.69) is 4.98 Å². The molecule has 0 radical (unpaired) electrons. The Balaban J connectivity index is 2.26. The zero-order valence-electron chi connectivity index (χ0n) is 8.93. The van der Waals surface area contributed by atoms with E-state index < -0.39 is 0 Å². The van der Waals surface area contributed by atoms with Crippen molar-refractivity contribution >= 4 is 17.2 Å². The quantitative estimate of drug-likeness (QED) is 0.881. The van der Waals surface area contributed by atoms with Gasteiger partial charge in [-0.3, -0.25) is 4.79 Å². The zero-order valence-corrected chi connectivity index (χ0v) is 9.75. The first-order valence-corrected chi connectivity index (χ1v) is 5.82. The van der Waals surface area contributed by atoms with Crippen molar-refractivity contribution in [1.29, 1.82) is 0 Å². The molecule has 2 aromatic rings. The van der Waals surface area contributed by atoms with Crippen molar-refractivity contribution in [3.05, 3.63) is 41.0 Å². The number of carbonyl (C=O) groups excluding carboxylic acids is 1. The predicted octanol–water partition coefficient (Wildman–Crippen LogP) is 2.15. The molecule has 0 unspecified atom stereocenters. The molecule has 0 aliphatic carbocycles. The Labute approximate surface area is 97.9 Å². The van der Waals surface area contributed by atoms with Crippen LogP contribution in [0.2, 0.25) is 0 Å². The zero-order chi connectivity index (χ0) is 11.5. The third kappa shape index (κ3) is 2.28. The van der Waals surface area contributed by atoms with Gasteiger partial charge >= 0.3 is 0 Å². The number of rotatable bonds is 3. The SMILES string of the molecule is Cc1ncsc1-c1ccc(CC(N)=O)cc1. The first kappa shape index (κ1) is 10.8. The lowest BCUT2D eigenvalue weighted by Gasteiger charge is -2.01. The number of hydrogen-bond acceptors (Lipinski definition) is 3. The molecule has 0 saturated carbocycles. The van der Waals surface area contributed by atoms with Crippen molar-refractivity contribution in [3.63, 3.8) is 0 Å². The van der Waals surface area contributed by atoms with Gasteiger partial charge in [-0.25, -0.2) is 4.98 Å². The number of hydrogen-bond donors (Lipinski definition) is 1. The maximum absolute atomic E-state index is 10.8. The second-order valence-electron chi connectivity index (χ2n) is 3.61. The van der Waals surface area contributed by atoms with Crippen LogP contribution in [0.1, 0.15) is 11.3 Å². The summed E-state index contributed by atoms with van der Waals surface area (Å²) in [7, 11) is 0. The Morgan fingerprint density at radius 1 is 1.38 bits per heavy atom. The van der Waals surface area contributed by atoms with Gasteiger partial charge in [0.25, 0.3) is 0 Å². The summed E-state index contributed by atoms with van der Waals surface area (Å²) < 4.78 is 0. The largest absolute Gasteiger partial charge is 0.369 e. The van der Waals surface area contributed by atoms with Crippen LogP contribution in [0.15, 0.2) is 29.8 Å². The third-order valence-electron chi connectivity index (χ3n) is 2.34. The Hall–Kier alpha value is -1.68. The van der Waals surface area contributed by atoms with Crippen LogP contribution in [0.25, 0.3) is 10.4 Å². The summed E-state index contributed by atoms with van der Waals surface area (Å²) in [5, 5.41) is 0. The standard InChI is InChI=1S/C12H12N2OS/c1-8-12(16-7-14-8)10-4-2-9(3-5-10)6-11(13)15/h2-5,7H,6H2,1H3,(H2,13,15). The average Bonchev–Trinajstić information content (AvgIpc) is 2.65. The van der Waals surface area contributed by atoms with E-state index in [1.54, 1.807) is 11.3 Å². The second-order valence-corrected chi connectivity index (χ2v) is 4.46. The molecule has 2 N–H and O–H groups in total. The Bertz CT molecular complexity index is 502. The molecule has 82 valence electrons. The Morgan fingerprint density at radius 3 is 2.56 bits per heavy atom. The molecule has 0 spiro atoms. The lowest BCUT2D eigenvalue weighted by molar-refractivity contribution is -0.117. The van der Waals surface area contributed by atoms with Gasteiger partial charge < -0.3 is 5.73 Å². The molecule has 1 aromatic carbocycles. The van der Waals surface area contributed by atoms with Crippen molar-refractivity contribution < 1.29 is 4.79 Å². The number of primary amides is 1. The van der Waals surface area contributed by atoms with Crippen LogP contribution >= 0.6 is 11.3 Å². The number of amides is 1. The monoisotopic (exact) mass is 232 g/mol. The van der Waals surface area contributed by atoms with Gasteiger partial charge in [0, 0.05) is 0 Å². The van der Waals surface area contributed by atoms with Gasteiger partial charge in [-0.05, 0) is 18.1 Å². The van der Waals surface area contributed by atoms with E-state index in [-0.39, 0.29) is 5.91 Å². The molecule has 0 aliphatic rings. The highest BCUT2D eigenvalue weighted by molar-refractivity contribution is 7.13. The molecule has 1 amide bonds. The molecule has 4 heteroatoms. The highest BCUT2D eigenvalue weighted by Gasteiger charge is 2.05. The van der Waals surface area contributed by atoms with Gasteiger partial charge in [0.05, 0.1) is 22.5 Å². The molecule has 2 rings (SSSR count). The van der Waals surface area contributed by atoms with E-state index in [0.29, 0.717) is 6.42 Å². The molecular weight excluding hydrogens is 220 g/mol. The molecular formula is C12H12N2OS. The Kier molecular flexibility index (Phi) is 3.01. The summed E-state index contributed by atoms with van der Waals surface area (Å²) in [6, 6.07) is 7.86. The number of aromatic nitrogens is 1. The van der Waals surface area contributed by atoms with Gasteiger partial charge in [-0.15, -0.1) is 11.3 Å². The molecule has 0 saturated heterocycles. The number of nitrogens with two attached hydrogens (primary N) is 1. The molecule has 0 aliphatic heterocycles. The van der Waals surface area contributed by atoms with Crippen LogP contribution in [-0.2, 0) is 11.2 Å². The van der Waals surface area contributed by atoms with E-state index in [9.17, 15) is 4.79 Å². The van der Waals surface area contributed by atoms with Gasteiger partial charge in [-0.2, -0.15) is 0 Å². The molecule has 0 bridgehead atoms. The van der Waals surface area contributed by atoms with E-state index >= 15 is 0 Å². The van der Waals surface area contributed by atoms with Crippen LogP contribution in [0, 0.1) is 6.92 Å². The lowest BCUT2D eigenvalue weighted by atomic mass is 10.1. The molecule has 1 aromatic heterocycles. The van der Waals surface area contributed by atoms with Crippen LogP contribution in [0.4, 0.5) is 0 Å². The average molecular weight is 232 g/mol. The minimum absolute atomic E-state index is 0.294. The fourth-order valence-electron chi connectivity index (χ4n) is 1.55. The summed E-state index contributed by atoms with van der Waals surface area (Å²) in [6.07, 6.45) is 0.294. The minimum atomic E-state index is -0.304.